The van der Waals surface area contributed by atoms with E-state index in [-0.39, 0.29) is 6.13 Å². The first-order valence-electron chi connectivity index (χ1n) is 7.58. The Bertz CT molecular complexity index is 128. The lowest BCUT2D eigenvalue weighted by Crippen LogP contribution is -2.08. The van der Waals surface area contributed by atoms with Crippen LogP contribution >= 0.6 is 0 Å². The molecule has 2 aliphatic rings. The average molecular weight is 247 g/mol. The Labute approximate surface area is 109 Å². The van der Waals surface area contributed by atoms with Crippen LogP contribution in [0.4, 0.5) is 4.70 Å². The first-order chi connectivity index (χ1) is 7.58. The summed E-state index contributed by atoms with van der Waals surface area (Å²) in [4.78, 5) is 0. The molecular formula is C16H35F. The molecule has 0 aromatic rings. The van der Waals surface area contributed by atoms with Crippen LogP contribution in [0.3, 0.4) is 0 Å². The maximum Gasteiger partial charge on any atom is 0 e. The lowest BCUT2D eigenvalue weighted by atomic mass is 9.84. The number of rotatable bonds is 0. The number of hydrogen-bond acceptors (Lipinski definition) is 0. The van der Waals surface area contributed by atoms with Crippen LogP contribution in [-0.4, -0.2) is 0 Å². The first kappa shape index (κ1) is 16.9. The molecule has 17 heavy (non-hydrogen) atoms. The van der Waals surface area contributed by atoms with Crippen molar-refractivity contribution < 1.29 is 6.13 Å². The fourth-order valence-electron chi connectivity index (χ4n) is 2.85. The molecule has 0 atom stereocenters. The van der Waals surface area contributed by atoms with Crippen LogP contribution in [0.15, 0.2) is 0 Å². The molecule has 0 spiro atoms. The normalized spacial score (nSPS) is 37.4. The van der Waals surface area contributed by atoms with Gasteiger partial charge >= 0.3 is 0 Å². The van der Waals surface area contributed by atoms with Crippen molar-refractivity contribution >= 4 is 0 Å². The Morgan fingerprint density at radius 1 is 0.471 bits per heavy atom. The van der Waals surface area contributed by atoms with E-state index in [1.165, 1.54) is 51.4 Å². The summed E-state index contributed by atoms with van der Waals surface area (Å²) in [6.07, 6.45) is 11.8. The highest BCUT2D eigenvalue weighted by molar-refractivity contribution is 4.66. The molecule has 0 amide bonds. The number of hydrogen-bond donors (Lipinski definition) is 0. The summed E-state index contributed by atoms with van der Waals surface area (Å²) in [7, 11) is 0. The van der Waals surface area contributed by atoms with E-state index in [1.807, 2.05) is 0 Å². The molecular weight excluding hydrogens is 211 g/mol. The van der Waals surface area contributed by atoms with Gasteiger partial charge in [0.15, 0.2) is 0 Å². The summed E-state index contributed by atoms with van der Waals surface area (Å²) in [6, 6.07) is 0. The Kier molecular flexibility index (Phi) is 8.90. The van der Waals surface area contributed by atoms with Crippen LogP contribution in [0.25, 0.3) is 0 Å². The molecule has 0 bridgehead atoms. The Morgan fingerprint density at radius 3 is 0.706 bits per heavy atom. The minimum absolute atomic E-state index is 0. The summed E-state index contributed by atoms with van der Waals surface area (Å²) in [5.74, 6) is 4.08. The third-order valence-corrected chi connectivity index (χ3v) is 4.61. The number of halogens is 1. The zero-order chi connectivity index (χ0) is 12.0. The summed E-state index contributed by atoms with van der Waals surface area (Å²) in [5, 5.41) is 0. The molecule has 0 radical (unpaired) electrons. The van der Waals surface area contributed by atoms with Crippen LogP contribution in [0.1, 0.15) is 80.5 Å². The largest absolute Gasteiger partial charge is 0.269 e. The summed E-state index contributed by atoms with van der Waals surface area (Å²) in [6.45, 7) is 9.47. The molecule has 0 saturated heterocycles. The molecule has 106 valence electrons. The van der Waals surface area contributed by atoms with Gasteiger partial charge < -0.3 is 0 Å². The van der Waals surface area contributed by atoms with Crippen LogP contribution in [0.2, 0.25) is 0 Å². The molecule has 0 N–H and O–H groups in total. The van der Waals surface area contributed by atoms with Gasteiger partial charge in [-0.25, -0.2) is 0 Å². The molecule has 0 aromatic heterocycles. The molecule has 2 rings (SSSR count). The highest BCUT2D eigenvalue weighted by Crippen LogP contribution is 2.27. The van der Waals surface area contributed by atoms with Gasteiger partial charge in [0.25, 0.3) is 0 Å². The van der Waals surface area contributed by atoms with Gasteiger partial charge in [-0.15, -0.1) is 0 Å². The van der Waals surface area contributed by atoms with E-state index >= 15 is 0 Å². The quantitative estimate of drug-likeness (QED) is 0.488. The topological polar surface area (TPSA) is 0 Å². The molecule has 2 aliphatic carbocycles. The van der Waals surface area contributed by atoms with Gasteiger partial charge in [0.05, 0.1) is 0 Å². The van der Waals surface area contributed by atoms with E-state index in [1.54, 1.807) is 0 Å². The van der Waals surface area contributed by atoms with Crippen molar-refractivity contribution in [1.29, 1.82) is 0 Å². The van der Waals surface area contributed by atoms with Crippen LogP contribution in [0, 0.1) is 23.7 Å². The van der Waals surface area contributed by atoms with Gasteiger partial charge in [-0.1, -0.05) is 79.1 Å². The van der Waals surface area contributed by atoms with Crippen molar-refractivity contribution in [3.63, 3.8) is 0 Å². The van der Waals surface area contributed by atoms with Gasteiger partial charge in [0, 0.05) is 1.43 Å². The molecule has 1 heteroatoms. The van der Waals surface area contributed by atoms with Crippen molar-refractivity contribution in [3.05, 3.63) is 0 Å². The third kappa shape index (κ3) is 7.78. The SMILES string of the molecule is CC1CCC(C)CC1.CC1CCC(C)CC1.F.[2HH]. The molecule has 0 heterocycles. The highest BCUT2D eigenvalue weighted by Gasteiger charge is 2.13. The van der Waals surface area contributed by atoms with Crippen LogP contribution < -0.4 is 0 Å². The predicted octanol–water partition coefficient (Wildman–Crippen LogP) is 6.06. The van der Waals surface area contributed by atoms with Crippen molar-refractivity contribution in [2.75, 3.05) is 0 Å². The van der Waals surface area contributed by atoms with Gasteiger partial charge in [0.2, 0.25) is 0 Å². The van der Waals surface area contributed by atoms with E-state index in [9.17, 15) is 0 Å². The van der Waals surface area contributed by atoms with Crippen molar-refractivity contribution in [2.24, 2.45) is 23.7 Å². The maximum absolute atomic E-state index is 2.37. The molecule has 0 aliphatic heterocycles. The average Bonchev–Trinajstić information content (AvgIpc) is 2.28. The fourth-order valence-corrected chi connectivity index (χ4v) is 2.85. The Hall–Kier alpha value is -0.0700. The fraction of sp³-hybridized carbons (Fsp3) is 1.00. The lowest BCUT2D eigenvalue weighted by molar-refractivity contribution is 0.308. The molecule has 0 unspecified atom stereocenters. The summed E-state index contributed by atoms with van der Waals surface area (Å²) < 4.78 is 0. The second kappa shape index (κ2) is 8.94. The second-order valence-electron chi connectivity index (χ2n) is 6.73. The van der Waals surface area contributed by atoms with Crippen molar-refractivity contribution in [2.45, 2.75) is 79.1 Å². The van der Waals surface area contributed by atoms with Crippen LogP contribution in [-0.2, 0) is 0 Å². The smallest absolute Gasteiger partial charge is 0 e. The monoisotopic (exact) mass is 247 g/mol. The maximum atomic E-state index is 2.37. The van der Waals surface area contributed by atoms with E-state index < -0.39 is 0 Å². The van der Waals surface area contributed by atoms with Crippen LogP contribution in [0.5, 0.6) is 0 Å². The minimum Gasteiger partial charge on any atom is -0.269 e. The zero-order valence-electron chi connectivity index (χ0n) is 12.4. The van der Waals surface area contributed by atoms with Gasteiger partial charge in [-0.05, 0) is 23.7 Å². The molecule has 2 saturated carbocycles. The zero-order valence-corrected chi connectivity index (χ0v) is 12.4. The second-order valence-corrected chi connectivity index (χ2v) is 6.73. The Morgan fingerprint density at radius 2 is 0.588 bits per heavy atom. The molecule has 2 fully saturated rings. The van der Waals surface area contributed by atoms with Gasteiger partial charge in [-0.2, -0.15) is 0 Å². The van der Waals surface area contributed by atoms with Crippen molar-refractivity contribution in [3.8, 4) is 0 Å². The standard InChI is InChI=1S/2C8H16.FH.H2/c2*1-7-3-5-8(2)6-4-7;;/h2*7-8H,3-6H2,1-2H3;2*1H/i;;;1+1. The first-order valence-corrected chi connectivity index (χ1v) is 7.58. The molecule has 0 aromatic carbocycles. The third-order valence-electron chi connectivity index (χ3n) is 4.61. The summed E-state index contributed by atoms with van der Waals surface area (Å²) >= 11 is 0. The Balaban J connectivity index is 0. The van der Waals surface area contributed by atoms with E-state index in [2.05, 4.69) is 27.7 Å². The minimum atomic E-state index is 0. The van der Waals surface area contributed by atoms with E-state index in [4.69, 9.17) is 0 Å². The van der Waals surface area contributed by atoms with E-state index in [0.717, 1.165) is 23.7 Å². The van der Waals surface area contributed by atoms with Crippen molar-refractivity contribution in [1.82, 2.24) is 0 Å². The lowest BCUT2D eigenvalue weighted by Gasteiger charge is -2.22. The molecule has 0 nitrogen and oxygen atoms in total. The van der Waals surface area contributed by atoms with Gasteiger partial charge in [0.1, 0.15) is 0 Å². The summed E-state index contributed by atoms with van der Waals surface area (Å²) in [5.41, 5.74) is 0. The highest BCUT2D eigenvalue weighted by atomic mass is 19.0. The predicted molar refractivity (Wildman–Crippen MR) is 78.2 cm³/mol. The van der Waals surface area contributed by atoms with E-state index in [0.29, 0.717) is 0 Å². The van der Waals surface area contributed by atoms with Gasteiger partial charge in [-0.3, -0.25) is 4.70 Å².